The third-order valence-electron chi connectivity index (χ3n) is 1.37. The van der Waals surface area contributed by atoms with E-state index < -0.39 is 6.43 Å². The first-order valence-corrected chi connectivity index (χ1v) is 4.74. The summed E-state index contributed by atoms with van der Waals surface area (Å²) in [4.78, 5) is 14.2. The Labute approximate surface area is 89.6 Å². The Kier molecular flexibility index (Phi) is 3.49. The molecular formula is C7H3Br2F2NO. The molecule has 0 saturated heterocycles. The number of aldehydes is 1. The zero-order chi connectivity index (χ0) is 10.0. The van der Waals surface area contributed by atoms with Crippen LogP contribution in [0, 0.1) is 0 Å². The molecule has 0 aliphatic carbocycles. The number of nitrogens with zero attached hydrogens (tertiary/aromatic N) is 1. The fraction of sp³-hybridized carbons (Fsp3) is 0.143. The van der Waals surface area contributed by atoms with Gasteiger partial charge in [-0.3, -0.25) is 4.79 Å². The van der Waals surface area contributed by atoms with E-state index in [0.29, 0.717) is 6.29 Å². The van der Waals surface area contributed by atoms with Crippen molar-refractivity contribution in [3.63, 3.8) is 0 Å². The lowest BCUT2D eigenvalue weighted by atomic mass is 10.2. The summed E-state index contributed by atoms with van der Waals surface area (Å²) in [6.45, 7) is 0. The SMILES string of the molecule is O=Cc1c(C(F)F)cc(Br)nc1Br. The zero-order valence-electron chi connectivity index (χ0n) is 6.10. The van der Waals surface area contributed by atoms with Crippen LogP contribution in [0.15, 0.2) is 15.3 Å². The Hall–Kier alpha value is -0.360. The number of hydrogen-bond acceptors (Lipinski definition) is 2. The highest BCUT2D eigenvalue weighted by molar-refractivity contribution is 9.11. The monoisotopic (exact) mass is 313 g/mol. The highest BCUT2D eigenvalue weighted by atomic mass is 79.9. The van der Waals surface area contributed by atoms with E-state index in [2.05, 4.69) is 36.8 Å². The van der Waals surface area contributed by atoms with Crippen LogP contribution in [0.2, 0.25) is 0 Å². The van der Waals surface area contributed by atoms with Crippen molar-refractivity contribution in [1.29, 1.82) is 0 Å². The fourth-order valence-corrected chi connectivity index (χ4v) is 1.98. The molecular weight excluding hydrogens is 312 g/mol. The van der Waals surface area contributed by atoms with E-state index in [9.17, 15) is 13.6 Å². The summed E-state index contributed by atoms with van der Waals surface area (Å²) in [5.41, 5.74) is -0.443. The predicted octanol–water partition coefficient (Wildman–Crippen LogP) is 3.36. The number of halogens is 4. The molecule has 0 unspecified atom stereocenters. The molecule has 6 heteroatoms. The second-order valence-electron chi connectivity index (χ2n) is 2.16. The predicted molar refractivity (Wildman–Crippen MR) is 50.0 cm³/mol. The number of carbonyl (C=O) groups is 1. The highest BCUT2D eigenvalue weighted by Crippen LogP contribution is 2.28. The van der Waals surface area contributed by atoms with Gasteiger partial charge < -0.3 is 0 Å². The summed E-state index contributed by atoms with van der Waals surface area (Å²) in [6, 6.07) is 1.12. The Balaban J connectivity index is 3.38. The van der Waals surface area contributed by atoms with Gasteiger partial charge in [-0.2, -0.15) is 0 Å². The largest absolute Gasteiger partial charge is 0.298 e. The van der Waals surface area contributed by atoms with E-state index in [1.54, 1.807) is 0 Å². The number of pyridine rings is 1. The Bertz CT molecular complexity index is 344. The third-order valence-corrected chi connectivity index (χ3v) is 2.38. The van der Waals surface area contributed by atoms with Gasteiger partial charge in [0.05, 0.1) is 5.56 Å². The third kappa shape index (κ3) is 2.31. The molecule has 0 atom stereocenters. The molecule has 0 radical (unpaired) electrons. The standard InChI is InChI=1S/C7H3Br2F2NO/c8-5-1-3(7(10)11)4(2-13)6(9)12-5/h1-2,7H. The topological polar surface area (TPSA) is 30.0 Å². The highest BCUT2D eigenvalue weighted by Gasteiger charge is 2.16. The Morgan fingerprint density at radius 3 is 2.54 bits per heavy atom. The van der Waals surface area contributed by atoms with E-state index in [1.807, 2.05) is 0 Å². The van der Waals surface area contributed by atoms with Crippen molar-refractivity contribution in [1.82, 2.24) is 4.98 Å². The van der Waals surface area contributed by atoms with Gasteiger partial charge in [0.15, 0.2) is 6.29 Å². The molecule has 0 aliphatic rings. The Morgan fingerprint density at radius 2 is 2.08 bits per heavy atom. The molecule has 1 aromatic rings. The van der Waals surface area contributed by atoms with E-state index in [-0.39, 0.29) is 20.3 Å². The van der Waals surface area contributed by atoms with Gasteiger partial charge in [0.1, 0.15) is 9.21 Å². The van der Waals surface area contributed by atoms with Crippen LogP contribution in [0.1, 0.15) is 22.3 Å². The van der Waals surface area contributed by atoms with E-state index in [1.165, 1.54) is 0 Å². The van der Waals surface area contributed by atoms with Gasteiger partial charge in [-0.15, -0.1) is 0 Å². The van der Waals surface area contributed by atoms with Gasteiger partial charge in [-0.1, -0.05) is 0 Å². The summed E-state index contributed by atoms with van der Waals surface area (Å²) in [5.74, 6) is 0. The van der Waals surface area contributed by atoms with Crippen LogP contribution >= 0.6 is 31.9 Å². The summed E-state index contributed by atoms with van der Waals surface area (Å²) in [6.07, 6.45) is -2.33. The number of alkyl halides is 2. The van der Waals surface area contributed by atoms with Gasteiger partial charge >= 0.3 is 0 Å². The maximum absolute atomic E-state index is 12.3. The quantitative estimate of drug-likeness (QED) is 0.619. The molecule has 13 heavy (non-hydrogen) atoms. The van der Waals surface area contributed by atoms with Crippen molar-refractivity contribution >= 4 is 38.1 Å². The molecule has 2 nitrogen and oxygen atoms in total. The number of carbonyl (C=O) groups excluding carboxylic acids is 1. The summed E-state index contributed by atoms with van der Waals surface area (Å²) < 4.78 is 25.1. The van der Waals surface area contributed by atoms with E-state index in [4.69, 9.17) is 0 Å². The van der Waals surface area contributed by atoms with Crippen LogP contribution in [0.25, 0.3) is 0 Å². The smallest absolute Gasteiger partial charge is 0.264 e. The minimum absolute atomic E-state index is 0.113. The van der Waals surface area contributed by atoms with Crippen molar-refractivity contribution in [2.45, 2.75) is 6.43 Å². The maximum Gasteiger partial charge on any atom is 0.264 e. The zero-order valence-corrected chi connectivity index (χ0v) is 9.27. The van der Waals surface area contributed by atoms with E-state index >= 15 is 0 Å². The Morgan fingerprint density at radius 1 is 1.46 bits per heavy atom. The lowest BCUT2D eigenvalue weighted by Gasteiger charge is -2.05. The van der Waals surface area contributed by atoms with Gasteiger partial charge in [0.25, 0.3) is 6.43 Å². The molecule has 0 fully saturated rings. The summed E-state index contributed by atoms with van der Waals surface area (Å²) in [5, 5.41) is 0. The molecule has 0 bridgehead atoms. The van der Waals surface area contributed by atoms with Crippen LogP contribution in [-0.4, -0.2) is 11.3 Å². The molecule has 1 aromatic heterocycles. The molecule has 0 spiro atoms. The van der Waals surface area contributed by atoms with Gasteiger partial charge in [-0.05, 0) is 37.9 Å². The number of rotatable bonds is 2. The average Bonchev–Trinajstić information content (AvgIpc) is 2.02. The van der Waals surface area contributed by atoms with Crippen molar-refractivity contribution in [3.8, 4) is 0 Å². The maximum atomic E-state index is 12.3. The van der Waals surface area contributed by atoms with Crippen LogP contribution in [0.5, 0.6) is 0 Å². The van der Waals surface area contributed by atoms with Crippen molar-refractivity contribution in [2.24, 2.45) is 0 Å². The molecule has 0 aromatic carbocycles. The average molecular weight is 315 g/mol. The number of hydrogen-bond donors (Lipinski definition) is 0. The molecule has 70 valence electrons. The first-order valence-electron chi connectivity index (χ1n) is 3.15. The fourth-order valence-electron chi connectivity index (χ4n) is 0.809. The molecule has 1 heterocycles. The van der Waals surface area contributed by atoms with Gasteiger partial charge in [0, 0.05) is 5.56 Å². The molecule has 0 amide bonds. The van der Waals surface area contributed by atoms with Crippen LogP contribution in [0.4, 0.5) is 8.78 Å². The normalized spacial score (nSPS) is 10.5. The van der Waals surface area contributed by atoms with E-state index in [0.717, 1.165) is 6.07 Å². The first-order chi connectivity index (χ1) is 6.06. The lowest BCUT2D eigenvalue weighted by Crippen LogP contribution is -1.97. The van der Waals surface area contributed by atoms with Crippen LogP contribution in [0.3, 0.4) is 0 Å². The second kappa shape index (κ2) is 4.23. The lowest BCUT2D eigenvalue weighted by molar-refractivity contribution is 0.110. The van der Waals surface area contributed by atoms with Gasteiger partial charge in [0.2, 0.25) is 0 Å². The molecule has 0 N–H and O–H groups in total. The number of aromatic nitrogens is 1. The van der Waals surface area contributed by atoms with Crippen molar-refractivity contribution < 1.29 is 13.6 Å². The molecule has 0 saturated carbocycles. The van der Waals surface area contributed by atoms with Crippen LogP contribution < -0.4 is 0 Å². The summed E-state index contributed by atoms with van der Waals surface area (Å²) >= 11 is 5.87. The molecule has 0 aliphatic heterocycles. The first kappa shape index (κ1) is 10.7. The van der Waals surface area contributed by atoms with Crippen molar-refractivity contribution in [3.05, 3.63) is 26.4 Å². The second-order valence-corrected chi connectivity index (χ2v) is 3.72. The molecule has 1 rings (SSSR count). The minimum atomic E-state index is -2.68. The van der Waals surface area contributed by atoms with Crippen LogP contribution in [-0.2, 0) is 0 Å². The minimum Gasteiger partial charge on any atom is -0.298 e. The van der Waals surface area contributed by atoms with Gasteiger partial charge in [-0.25, -0.2) is 13.8 Å². The summed E-state index contributed by atoms with van der Waals surface area (Å²) in [7, 11) is 0. The van der Waals surface area contributed by atoms with Crippen molar-refractivity contribution in [2.75, 3.05) is 0 Å².